The molecule has 3 saturated carbocycles. The Bertz CT molecular complexity index is 1920. The van der Waals surface area contributed by atoms with Gasteiger partial charge in [-0.25, -0.2) is 0 Å². The Morgan fingerprint density at radius 2 is 1.28 bits per heavy atom. The fraction of sp³-hybridized carbons (Fsp3) is 0.653. The summed E-state index contributed by atoms with van der Waals surface area (Å²) >= 11 is 0. The summed E-state index contributed by atoms with van der Waals surface area (Å²) in [5.74, 6) is -2.55. The van der Waals surface area contributed by atoms with Crippen molar-refractivity contribution in [1.82, 2.24) is 26.6 Å². The number of carbonyl (C=O) groups is 5. The number of rotatable bonds is 25. The lowest BCUT2D eigenvalue weighted by Gasteiger charge is -2.64. The van der Waals surface area contributed by atoms with Gasteiger partial charge in [-0.15, -0.1) is 0 Å². The van der Waals surface area contributed by atoms with Gasteiger partial charge in [0.1, 0.15) is 24.2 Å². The van der Waals surface area contributed by atoms with Gasteiger partial charge in [-0.3, -0.25) is 24.0 Å². The predicted molar refractivity (Wildman–Crippen MR) is 253 cm³/mol. The highest BCUT2D eigenvalue weighted by Crippen LogP contribution is 2.65. The summed E-state index contributed by atoms with van der Waals surface area (Å²) in [5, 5.41) is 24.7. The van der Waals surface area contributed by atoms with Crippen LogP contribution in [0, 0.1) is 17.3 Å². The van der Waals surface area contributed by atoms with Crippen LogP contribution in [0.25, 0.3) is 11.1 Å². The maximum absolute atomic E-state index is 13.8. The van der Waals surface area contributed by atoms with Crippen LogP contribution in [0.5, 0.6) is 0 Å². The number of aryl methyl sites for hydroxylation is 1. The van der Waals surface area contributed by atoms with Crippen LogP contribution in [-0.4, -0.2) is 103 Å². The summed E-state index contributed by atoms with van der Waals surface area (Å²) < 4.78 is 13.0. The Kier molecular flexibility index (Phi) is 18.6. The van der Waals surface area contributed by atoms with Crippen LogP contribution in [-0.2, 0) is 34.9 Å². The van der Waals surface area contributed by atoms with Crippen LogP contribution in [0.3, 0.4) is 0 Å². The first-order valence-corrected chi connectivity index (χ1v) is 24.1. The minimum Gasteiger partial charge on any atom is -0.404 e. The minimum atomic E-state index is -1.47. The maximum atomic E-state index is 13.8. The third kappa shape index (κ3) is 12.8. The summed E-state index contributed by atoms with van der Waals surface area (Å²) in [6.07, 6.45) is 6.89. The molecule has 1 saturated heterocycles. The van der Waals surface area contributed by atoms with Gasteiger partial charge in [-0.1, -0.05) is 70.5 Å². The number of unbranched alkanes of at least 4 members (excludes halogenated alkanes) is 3. The average Bonchev–Trinajstić information content (AvgIpc) is 3.66. The molecule has 4 fully saturated rings. The first-order valence-electron chi connectivity index (χ1n) is 24.1. The van der Waals surface area contributed by atoms with Crippen LogP contribution in [0.15, 0.2) is 48.5 Å². The van der Waals surface area contributed by atoms with Gasteiger partial charge in [-0.2, -0.15) is 0 Å². The number of aliphatic hydroxyl groups is 1. The second kappa shape index (κ2) is 23.4. The van der Waals surface area contributed by atoms with E-state index in [-0.39, 0.29) is 24.4 Å². The van der Waals surface area contributed by atoms with E-state index in [4.69, 9.17) is 20.8 Å². The molecule has 1 heterocycles. The summed E-state index contributed by atoms with van der Waals surface area (Å²) in [5.41, 5.74) is 14.8. The van der Waals surface area contributed by atoms with Crippen LogP contribution in [0.1, 0.15) is 135 Å². The lowest BCUT2D eigenvalue weighted by Crippen LogP contribution is -2.65. The van der Waals surface area contributed by atoms with Gasteiger partial charge in [-0.05, 0) is 151 Å². The molecule has 6 rings (SSSR count). The molecule has 2 bridgehead atoms. The number of benzene rings is 2. The number of amides is 5. The zero-order valence-electron chi connectivity index (χ0n) is 39.8. The Hall–Kier alpha value is -4.35. The van der Waals surface area contributed by atoms with Crippen LogP contribution in [0.4, 0.5) is 0 Å². The van der Waals surface area contributed by atoms with Gasteiger partial charge in [0.15, 0.2) is 0 Å². The van der Waals surface area contributed by atoms with Gasteiger partial charge in [0, 0.05) is 5.56 Å². The predicted octanol–water partition coefficient (Wildman–Crippen LogP) is 4.07. The Morgan fingerprint density at radius 1 is 0.723 bits per heavy atom. The van der Waals surface area contributed by atoms with Gasteiger partial charge in [0.05, 0.1) is 23.8 Å². The van der Waals surface area contributed by atoms with Crippen molar-refractivity contribution in [2.45, 2.75) is 173 Å². The number of nitrogens with one attached hydrogen (secondary N) is 5. The maximum Gasteiger partial charge on any atom is 0.481 e. The lowest BCUT2D eigenvalue weighted by atomic mass is 9.43. The molecule has 2 unspecified atom stereocenters. The van der Waals surface area contributed by atoms with Crippen molar-refractivity contribution in [1.29, 1.82) is 0 Å². The molecule has 0 radical (unpaired) electrons. The molecule has 3 aliphatic carbocycles. The molecule has 0 spiro atoms. The van der Waals surface area contributed by atoms with Crippen molar-refractivity contribution >= 4 is 36.7 Å². The highest BCUT2D eigenvalue weighted by molar-refractivity contribution is 6.47. The first kappa shape index (κ1) is 51.6. The molecule has 65 heavy (non-hydrogen) atoms. The topological polar surface area (TPSA) is 236 Å². The second-order valence-electron chi connectivity index (χ2n) is 19.4. The Morgan fingerprint density at radius 3 is 1.83 bits per heavy atom. The van der Waals surface area contributed by atoms with Gasteiger partial charge >= 0.3 is 7.12 Å². The quantitative estimate of drug-likeness (QED) is 0.0526. The summed E-state index contributed by atoms with van der Waals surface area (Å²) in [6.45, 7) is 14.5. The molecule has 0 aromatic heterocycles. The van der Waals surface area contributed by atoms with Crippen LogP contribution in [0.2, 0.25) is 0 Å². The van der Waals surface area contributed by atoms with E-state index in [1.165, 1.54) is 12.5 Å². The third-order valence-corrected chi connectivity index (χ3v) is 14.3. The molecule has 16 heteroatoms. The fourth-order valence-corrected chi connectivity index (χ4v) is 9.88. The molecule has 358 valence electrons. The van der Waals surface area contributed by atoms with Crippen molar-refractivity contribution < 1.29 is 38.4 Å². The van der Waals surface area contributed by atoms with Crippen molar-refractivity contribution in [2.75, 3.05) is 13.1 Å². The van der Waals surface area contributed by atoms with E-state index in [1.54, 1.807) is 19.1 Å². The van der Waals surface area contributed by atoms with E-state index >= 15 is 0 Å². The number of hydrogen-bond donors (Lipinski definition) is 8. The monoisotopic (exact) mass is 902 g/mol. The summed E-state index contributed by atoms with van der Waals surface area (Å²) in [6, 6.07) is 10.9. The molecular formula is C49H76BN7O8. The largest absolute Gasteiger partial charge is 0.481 e. The van der Waals surface area contributed by atoms with E-state index in [9.17, 15) is 29.1 Å². The molecule has 2 aromatic rings. The molecule has 10 atom stereocenters. The van der Waals surface area contributed by atoms with E-state index in [0.29, 0.717) is 62.6 Å². The van der Waals surface area contributed by atoms with E-state index in [1.807, 2.05) is 19.1 Å². The van der Waals surface area contributed by atoms with Crippen molar-refractivity contribution in [3.05, 3.63) is 59.7 Å². The third-order valence-electron chi connectivity index (χ3n) is 14.3. The van der Waals surface area contributed by atoms with Crippen molar-refractivity contribution in [3.63, 3.8) is 0 Å². The molecule has 10 N–H and O–H groups in total. The van der Waals surface area contributed by atoms with Gasteiger partial charge in [0.2, 0.25) is 23.6 Å². The number of nitrogens with two attached hydrogens (primary N) is 2. The Labute approximate surface area is 386 Å². The highest BCUT2D eigenvalue weighted by Gasteiger charge is 2.68. The molecular weight excluding hydrogens is 825 g/mol. The molecule has 15 nitrogen and oxygen atoms in total. The Balaban J connectivity index is 1.19. The number of hydrogen-bond acceptors (Lipinski definition) is 10. The average molecular weight is 902 g/mol. The minimum absolute atomic E-state index is 0.0545. The van der Waals surface area contributed by atoms with Crippen LogP contribution < -0.4 is 38.1 Å². The molecule has 1 aliphatic heterocycles. The van der Waals surface area contributed by atoms with Crippen molar-refractivity contribution in [2.24, 2.45) is 28.7 Å². The standard InChI is InChI=1S/C49H76BN7O8/c1-8-10-15-32-18-20-33(21-19-32)34-22-24-35(25-23-34)43(59)55-39(17-12-14-27-52)46(62)57-42(30(3)58)47(63)54-37(9-2)44(60)56-38(16-11-13-26-51)45(61)53-31(4)50-64-41-29-36-28-40(48(36,5)6)49(41,7)65-50/h18-25,30-31,36-42,58H,8-17,26-29,51-52H2,1-7H3,(H,53,61)(H,54,63)(H,55,59)(H,56,60)(H,57,62)/t30?,31-,36-,37-,38-,39-,40-,41?,42-,49-/m0/s1. The van der Waals surface area contributed by atoms with E-state index in [0.717, 1.165) is 43.2 Å². The smallest absolute Gasteiger partial charge is 0.404 e. The normalized spacial score (nSPS) is 23.4. The lowest BCUT2D eigenvalue weighted by molar-refractivity contribution is -0.199. The van der Waals surface area contributed by atoms with Crippen LogP contribution >= 0.6 is 0 Å². The van der Waals surface area contributed by atoms with E-state index in [2.05, 4.69) is 78.5 Å². The first-order chi connectivity index (χ1) is 31.0. The number of aliphatic hydroxyl groups excluding tert-OH is 1. The van der Waals surface area contributed by atoms with E-state index < -0.39 is 78.5 Å². The molecule has 4 aliphatic rings. The second-order valence-corrected chi connectivity index (χ2v) is 19.4. The summed E-state index contributed by atoms with van der Waals surface area (Å²) in [7, 11) is -0.649. The zero-order valence-corrected chi connectivity index (χ0v) is 39.8. The molecule has 5 amide bonds. The SMILES string of the molecule is CCCCc1ccc(-c2ccc(C(=O)N[C@@H](CCCCN)C(=O)N[C@H](C(=O)N[C@@H](CC)C(=O)N[C@@H](CCCCN)C(=O)N[C@@H](C)B3OC4C[C@@H]5C[C@@H](C5(C)C)[C@]4(C)O3)C(C)O)cc2)cc1. The fourth-order valence-electron chi connectivity index (χ4n) is 9.88. The summed E-state index contributed by atoms with van der Waals surface area (Å²) in [4.78, 5) is 68.7. The van der Waals surface area contributed by atoms with Crippen molar-refractivity contribution in [3.8, 4) is 11.1 Å². The molecule has 2 aromatic carbocycles. The highest BCUT2D eigenvalue weighted by atomic mass is 16.7. The van der Waals surface area contributed by atoms with Gasteiger partial charge < -0.3 is 52.5 Å². The number of carbonyl (C=O) groups excluding carboxylic acids is 5. The zero-order chi connectivity index (χ0) is 47.5. The van der Waals surface area contributed by atoms with Gasteiger partial charge in [0.25, 0.3) is 5.91 Å².